The van der Waals surface area contributed by atoms with E-state index in [4.69, 9.17) is 13.3 Å². The van der Waals surface area contributed by atoms with E-state index in [1.807, 2.05) is 0 Å². The van der Waals surface area contributed by atoms with Gasteiger partial charge in [-0.25, -0.2) is 0 Å². The van der Waals surface area contributed by atoms with Gasteiger partial charge in [0.1, 0.15) is 0 Å². The molecule has 0 N–H and O–H groups in total. The van der Waals surface area contributed by atoms with Gasteiger partial charge in [-0.1, -0.05) is 47.8 Å². The lowest BCUT2D eigenvalue weighted by atomic mass is 10.6. The highest BCUT2D eigenvalue weighted by Gasteiger charge is 2.50. The molecule has 0 aliphatic rings. The maximum atomic E-state index is 5.88. The first kappa shape index (κ1) is 23.4. The minimum absolute atomic E-state index is 0.142. The predicted molar refractivity (Wildman–Crippen MR) is 113 cm³/mol. The summed E-state index contributed by atoms with van der Waals surface area (Å²) >= 11 is 29.9. The highest BCUT2D eigenvalue weighted by molar-refractivity contribution is 9.39. The Bertz CT molecular complexity index is 250. The molecule has 3 nitrogen and oxygen atoms in total. The van der Waals surface area contributed by atoms with Gasteiger partial charge >= 0.3 is 8.80 Å². The summed E-state index contributed by atoms with van der Waals surface area (Å²) in [5, 5.41) is 0. The van der Waals surface area contributed by atoms with Crippen LogP contribution in [0.5, 0.6) is 0 Å². The quantitative estimate of drug-likeness (QED) is 0.197. The fourth-order valence-electron chi connectivity index (χ4n) is 0.976. The third-order valence-corrected chi connectivity index (χ3v) is 8.54. The van der Waals surface area contributed by atoms with Crippen LogP contribution in [0.3, 0.4) is 0 Å². The van der Waals surface area contributed by atoms with Crippen molar-refractivity contribution >= 4 is 152 Å². The van der Waals surface area contributed by atoms with Crippen LogP contribution in [0, 0.1) is 0 Å². The molecule has 0 heterocycles. The Labute approximate surface area is 188 Å². The van der Waals surface area contributed by atoms with Gasteiger partial charge in [-0.3, -0.25) is 0 Å². The number of alkyl halides is 9. The van der Waals surface area contributed by atoms with Crippen molar-refractivity contribution in [3.8, 4) is 0 Å². The predicted octanol–water partition coefficient (Wildman–Crippen LogP) is 7.43. The Hall–Kier alpha value is 4.42. The molecule has 0 rings (SSSR count). The van der Waals surface area contributed by atoms with Gasteiger partial charge in [0.25, 0.3) is 0 Å². The van der Waals surface area contributed by atoms with Crippen LogP contribution in [0.1, 0.15) is 6.42 Å². The Balaban J connectivity index is 5.09. The average molecular weight is 874 g/mol. The van der Waals surface area contributed by atoms with Gasteiger partial charge in [0.05, 0.1) is 9.25 Å². The molecule has 0 fully saturated rings. The zero-order valence-corrected chi connectivity index (χ0v) is 24.1. The normalized spacial score (nSPS) is 14.2. The molecule has 0 saturated heterocycles. The summed E-state index contributed by atoms with van der Waals surface area (Å²) in [5.74, 6) is 0. The largest absolute Gasteiger partial charge is 0.506 e. The summed E-state index contributed by atoms with van der Waals surface area (Å²) in [4.78, 5) is 0. The highest BCUT2D eigenvalue weighted by Crippen LogP contribution is 2.45. The van der Waals surface area contributed by atoms with Gasteiger partial charge in [0.2, 0.25) is 4.66 Å². The number of hydrogen-bond acceptors (Lipinski definition) is 3. The van der Waals surface area contributed by atoms with Crippen molar-refractivity contribution in [3.05, 3.63) is 0 Å². The van der Waals surface area contributed by atoms with E-state index in [-0.39, 0.29) is 3.74 Å². The van der Waals surface area contributed by atoms with Gasteiger partial charge in [0.15, 0.2) is 0 Å². The Morgan fingerprint density at radius 1 is 0.895 bits per heavy atom. The van der Waals surface area contributed by atoms with E-state index in [0.29, 0.717) is 11.6 Å². The van der Waals surface area contributed by atoms with E-state index in [1.165, 1.54) is 0 Å². The van der Waals surface area contributed by atoms with Crippen molar-refractivity contribution in [3.63, 3.8) is 0 Å². The van der Waals surface area contributed by atoms with Gasteiger partial charge in [0, 0.05) is 6.04 Å². The van der Waals surface area contributed by atoms with E-state index in [9.17, 15) is 0 Å². The fraction of sp³-hybridized carbons (Fsp3) is 1.00. The molecule has 0 bridgehead atoms. The van der Waals surface area contributed by atoms with Crippen LogP contribution in [-0.2, 0) is 13.3 Å². The summed E-state index contributed by atoms with van der Waals surface area (Å²) in [6.07, 6.45) is 0.755. The summed E-state index contributed by atoms with van der Waals surface area (Å²) in [6.45, 7) is 0. The molecule has 0 aromatic heterocycles. The molecule has 0 aromatic rings. The minimum atomic E-state index is -3.02. The highest BCUT2D eigenvalue weighted by atomic mass is 80.0. The summed E-state index contributed by atoms with van der Waals surface area (Å²) in [5.41, 5.74) is 0.292. The summed E-state index contributed by atoms with van der Waals surface area (Å²) in [7, 11) is -3.02. The first-order chi connectivity index (χ1) is 8.39. The molecule has 0 aliphatic carbocycles. The van der Waals surface area contributed by atoms with Crippen molar-refractivity contribution < 1.29 is 13.3 Å². The van der Waals surface area contributed by atoms with Crippen LogP contribution >= 0.6 is 143 Å². The van der Waals surface area contributed by atoms with E-state index < -0.39 is 13.5 Å². The molecular formula is C6H7Br9O3Si. The molecule has 0 spiro atoms. The SMILES string of the molecule is BrCO[Si](CCC(Br)Br)(OC(Br)(Br)Br)OC(Br)(Br)Br. The van der Waals surface area contributed by atoms with Crippen molar-refractivity contribution in [2.75, 3.05) is 5.52 Å². The third-order valence-electron chi connectivity index (χ3n) is 1.49. The second-order valence-corrected chi connectivity index (χ2v) is 22.5. The van der Waals surface area contributed by atoms with Crippen LogP contribution in [-0.4, -0.2) is 22.7 Å². The monoisotopic (exact) mass is 865 g/mol. The van der Waals surface area contributed by atoms with E-state index in [0.717, 1.165) is 6.42 Å². The lowest BCUT2D eigenvalue weighted by molar-refractivity contribution is 0.0882. The Morgan fingerprint density at radius 2 is 1.32 bits per heavy atom. The minimum Gasteiger partial charge on any atom is -0.363 e. The number of hydrogen-bond donors (Lipinski definition) is 0. The molecule has 13 heteroatoms. The van der Waals surface area contributed by atoms with Gasteiger partial charge < -0.3 is 13.3 Å². The van der Waals surface area contributed by atoms with Crippen LogP contribution in [0.4, 0.5) is 0 Å². The fourth-order valence-corrected chi connectivity index (χ4v) is 9.79. The standard InChI is InChI=1S/C6H7Br9O3Si/c7-3-16-19(2-1-4(8)9,17-5(10,11)12)18-6(13,14)15/h4H,1-3H2. The zero-order chi connectivity index (χ0) is 15.3. The smallest absolute Gasteiger partial charge is 0.363 e. The average Bonchev–Trinajstić information content (AvgIpc) is 2.09. The van der Waals surface area contributed by atoms with E-state index in [2.05, 4.69) is 143 Å². The van der Waals surface area contributed by atoms with Gasteiger partial charge in [-0.15, -0.1) is 0 Å². The molecule has 0 radical (unpaired) electrons. The molecule has 0 unspecified atom stereocenters. The van der Waals surface area contributed by atoms with Gasteiger partial charge in [-0.2, -0.15) is 0 Å². The third kappa shape index (κ3) is 13.4. The summed E-state index contributed by atoms with van der Waals surface area (Å²) < 4.78 is 15.8. The number of halogens is 9. The molecule has 19 heavy (non-hydrogen) atoms. The molecule has 0 aliphatic heterocycles. The Morgan fingerprint density at radius 3 is 1.58 bits per heavy atom. The van der Waals surface area contributed by atoms with Crippen LogP contribution in [0.25, 0.3) is 0 Å². The lowest BCUT2D eigenvalue weighted by Crippen LogP contribution is -2.50. The lowest BCUT2D eigenvalue weighted by Gasteiger charge is -2.35. The first-order valence-electron chi connectivity index (χ1n) is 4.41. The van der Waals surface area contributed by atoms with Gasteiger partial charge in [-0.05, 0) is 102 Å². The maximum Gasteiger partial charge on any atom is 0.506 e. The van der Waals surface area contributed by atoms with Crippen molar-refractivity contribution in [1.82, 2.24) is 0 Å². The second-order valence-electron chi connectivity index (χ2n) is 2.96. The van der Waals surface area contributed by atoms with E-state index in [1.54, 1.807) is 0 Å². The van der Waals surface area contributed by atoms with E-state index >= 15 is 0 Å². The van der Waals surface area contributed by atoms with Crippen molar-refractivity contribution in [1.29, 1.82) is 0 Å². The molecule has 0 atom stereocenters. The maximum absolute atomic E-state index is 5.88. The summed E-state index contributed by atoms with van der Waals surface area (Å²) in [6, 6.07) is 0.578. The Kier molecular flexibility index (Phi) is 12.8. The molecule has 116 valence electrons. The van der Waals surface area contributed by atoms with Crippen LogP contribution in [0.15, 0.2) is 0 Å². The first-order valence-corrected chi connectivity index (χ1v) is 14.1. The molecular weight excluding hydrogens is 867 g/mol. The topological polar surface area (TPSA) is 27.7 Å². The number of rotatable bonds is 7. The van der Waals surface area contributed by atoms with Crippen LogP contribution in [0.2, 0.25) is 6.04 Å². The van der Waals surface area contributed by atoms with Crippen molar-refractivity contribution in [2.45, 2.75) is 20.9 Å². The molecule has 0 amide bonds. The van der Waals surface area contributed by atoms with Crippen LogP contribution < -0.4 is 0 Å². The van der Waals surface area contributed by atoms with Crippen molar-refractivity contribution in [2.24, 2.45) is 0 Å². The molecule has 0 aromatic carbocycles. The second kappa shape index (κ2) is 10.4. The molecule has 0 saturated carbocycles. The zero-order valence-electron chi connectivity index (χ0n) is 8.83.